The van der Waals surface area contributed by atoms with Crippen molar-refractivity contribution in [2.24, 2.45) is 0 Å². The number of ether oxygens (including phenoxy) is 1. The molecule has 2 rings (SSSR count). The Bertz CT molecular complexity index is 514. The van der Waals surface area contributed by atoms with E-state index in [1.165, 1.54) is 0 Å². The molecule has 0 atom stereocenters. The van der Waals surface area contributed by atoms with Crippen molar-refractivity contribution in [1.82, 2.24) is 15.0 Å². The van der Waals surface area contributed by atoms with Crippen LogP contribution in [0.2, 0.25) is 0 Å². The van der Waals surface area contributed by atoms with Crippen molar-refractivity contribution >= 4 is 5.82 Å². The summed E-state index contributed by atoms with van der Waals surface area (Å²) in [5, 5.41) is 0. The van der Waals surface area contributed by atoms with Crippen molar-refractivity contribution < 1.29 is 4.74 Å². The first kappa shape index (κ1) is 11.3. The highest BCUT2D eigenvalue weighted by molar-refractivity contribution is 5.57. The Kier molecular flexibility index (Phi) is 2.91. The predicted octanol–water partition coefficient (Wildman–Crippen LogP) is 1.75. The van der Waals surface area contributed by atoms with Crippen LogP contribution >= 0.6 is 0 Å². The van der Waals surface area contributed by atoms with Crippen molar-refractivity contribution in [2.75, 3.05) is 12.8 Å². The third kappa shape index (κ3) is 2.18. The van der Waals surface area contributed by atoms with E-state index in [0.29, 0.717) is 17.5 Å². The number of nitrogens with zero attached hydrogens (tertiary/aromatic N) is 3. The lowest BCUT2D eigenvalue weighted by Crippen LogP contribution is -2.02. The summed E-state index contributed by atoms with van der Waals surface area (Å²) in [7, 11) is 1.58. The van der Waals surface area contributed by atoms with E-state index in [1.54, 1.807) is 19.4 Å². The normalized spacial score (nSPS) is 10.3. The molecule has 0 unspecified atom stereocenters. The highest BCUT2D eigenvalue weighted by atomic mass is 16.5. The van der Waals surface area contributed by atoms with Gasteiger partial charge < -0.3 is 10.5 Å². The zero-order valence-electron chi connectivity index (χ0n) is 10.1. The molecule has 0 amide bonds. The van der Waals surface area contributed by atoms with Crippen molar-refractivity contribution in [2.45, 2.75) is 13.8 Å². The maximum Gasteiger partial charge on any atom is 0.212 e. The number of hydrogen-bond acceptors (Lipinski definition) is 5. The van der Waals surface area contributed by atoms with Gasteiger partial charge in [-0.1, -0.05) is 0 Å². The molecule has 0 aliphatic rings. The van der Waals surface area contributed by atoms with Gasteiger partial charge in [-0.25, -0.2) is 15.0 Å². The molecule has 0 aromatic carbocycles. The molecule has 2 heterocycles. The third-order valence-corrected chi connectivity index (χ3v) is 2.63. The topological polar surface area (TPSA) is 73.9 Å². The fourth-order valence-electron chi connectivity index (χ4n) is 1.41. The minimum Gasteiger partial charge on any atom is -0.481 e. The second kappa shape index (κ2) is 4.37. The molecular formula is C12H14N4O. The molecular weight excluding hydrogens is 216 g/mol. The SMILES string of the molecule is COc1ccc(-c2nc(C)c(C)c(N)n2)cn1. The van der Waals surface area contributed by atoms with E-state index < -0.39 is 0 Å². The van der Waals surface area contributed by atoms with E-state index in [9.17, 15) is 0 Å². The highest BCUT2D eigenvalue weighted by Gasteiger charge is 2.07. The summed E-state index contributed by atoms with van der Waals surface area (Å²) >= 11 is 0. The molecule has 2 N–H and O–H groups in total. The van der Waals surface area contributed by atoms with Crippen LogP contribution in [0, 0.1) is 13.8 Å². The largest absolute Gasteiger partial charge is 0.481 e. The standard InChI is InChI=1S/C12H14N4O/c1-7-8(2)15-12(16-11(7)13)9-4-5-10(17-3)14-6-9/h4-6H,1-3H3,(H2,13,15,16). The highest BCUT2D eigenvalue weighted by Crippen LogP contribution is 2.20. The number of nitrogen functional groups attached to an aromatic ring is 1. The van der Waals surface area contributed by atoms with Crippen LogP contribution in [0.5, 0.6) is 5.88 Å². The predicted molar refractivity (Wildman–Crippen MR) is 65.7 cm³/mol. The van der Waals surface area contributed by atoms with E-state index in [-0.39, 0.29) is 0 Å². The number of aromatic nitrogens is 3. The quantitative estimate of drug-likeness (QED) is 0.850. The second-order valence-corrected chi connectivity index (χ2v) is 3.73. The van der Waals surface area contributed by atoms with E-state index in [2.05, 4.69) is 15.0 Å². The summed E-state index contributed by atoms with van der Waals surface area (Å²) in [6.45, 7) is 3.81. The summed E-state index contributed by atoms with van der Waals surface area (Å²) in [5.74, 6) is 1.65. The van der Waals surface area contributed by atoms with E-state index in [0.717, 1.165) is 16.8 Å². The van der Waals surface area contributed by atoms with Crippen LogP contribution in [0.25, 0.3) is 11.4 Å². The first-order chi connectivity index (χ1) is 8.11. The van der Waals surface area contributed by atoms with Crippen LogP contribution in [0.4, 0.5) is 5.82 Å². The van der Waals surface area contributed by atoms with Crippen LogP contribution < -0.4 is 10.5 Å². The van der Waals surface area contributed by atoms with Crippen LogP contribution in [-0.2, 0) is 0 Å². The van der Waals surface area contributed by atoms with Gasteiger partial charge >= 0.3 is 0 Å². The number of nitrogens with two attached hydrogens (primary N) is 1. The number of aryl methyl sites for hydroxylation is 1. The monoisotopic (exact) mass is 230 g/mol. The summed E-state index contributed by atoms with van der Waals surface area (Å²) in [4.78, 5) is 12.7. The molecule has 17 heavy (non-hydrogen) atoms. The summed E-state index contributed by atoms with van der Waals surface area (Å²) in [6.07, 6.45) is 1.67. The Balaban J connectivity index is 2.45. The molecule has 2 aromatic rings. The van der Waals surface area contributed by atoms with Crippen LogP contribution in [0.3, 0.4) is 0 Å². The number of hydrogen-bond donors (Lipinski definition) is 1. The lowest BCUT2D eigenvalue weighted by atomic mass is 10.2. The molecule has 0 spiro atoms. The maximum atomic E-state index is 5.82. The Hall–Kier alpha value is -2.17. The number of pyridine rings is 1. The Morgan fingerprint density at radius 1 is 1.18 bits per heavy atom. The first-order valence-corrected chi connectivity index (χ1v) is 5.23. The summed E-state index contributed by atoms with van der Waals surface area (Å²) in [6, 6.07) is 3.62. The van der Waals surface area contributed by atoms with Gasteiger partial charge in [0.1, 0.15) is 5.82 Å². The Morgan fingerprint density at radius 2 is 1.94 bits per heavy atom. The number of rotatable bonds is 2. The van der Waals surface area contributed by atoms with Gasteiger partial charge in [-0.3, -0.25) is 0 Å². The minimum absolute atomic E-state index is 0.503. The molecule has 5 heteroatoms. The average Bonchev–Trinajstić information content (AvgIpc) is 2.35. The fraction of sp³-hybridized carbons (Fsp3) is 0.250. The molecule has 5 nitrogen and oxygen atoms in total. The van der Waals surface area contributed by atoms with Crippen molar-refractivity contribution in [3.05, 3.63) is 29.6 Å². The smallest absolute Gasteiger partial charge is 0.212 e. The first-order valence-electron chi connectivity index (χ1n) is 5.23. The van der Waals surface area contributed by atoms with Gasteiger partial charge in [0.2, 0.25) is 5.88 Å². The fourth-order valence-corrected chi connectivity index (χ4v) is 1.41. The molecule has 88 valence electrons. The van der Waals surface area contributed by atoms with Crippen LogP contribution in [-0.4, -0.2) is 22.1 Å². The van der Waals surface area contributed by atoms with E-state index >= 15 is 0 Å². The molecule has 0 saturated carbocycles. The van der Waals surface area contributed by atoms with Gasteiger partial charge in [-0.15, -0.1) is 0 Å². The molecule has 0 radical (unpaired) electrons. The Labute approximate surface area is 99.7 Å². The van der Waals surface area contributed by atoms with Crippen LogP contribution in [0.15, 0.2) is 18.3 Å². The molecule has 0 aliphatic carbocycles. The van der Waals surface area contributed by atoms with Crippen molar-refractivity contribution in [3.8, 4) is 17.3 Å². The van der Waals surface area contributed by atoms with Gasteiger partial charge in [0.15, 0.2) is 5.82 Å². The lowest BCUT2D eigenvalue weighted by Gasteiger charge is -2.07. The van der Waals surface area contributed by atoms with E-state index in [1.807, 2.05) is 19.9 Å². The summed E-state index contributed by atoms with van der Waals surface area (Å²) < 4.78 is 4.99. The van der Waals surface area contributed by atoms with Crippen molar-refractivity contribution in [1.29, 1.82) is 0 Å². The van der Waals surface area contributed by atoms with Crippen LogP contribution in [0.1, 0.15) is 11.3 Å². The minimum atomic E-state index is 0.503. The lowest BCUT2D eigenvalue weighted by molar-refractivity contribution is 0.398. The van der Waals surface area contributed by atoms with Gasteiger partial charge in [0.05, 0.1) is 7.11 Å². The second-order valence-electron chi connectivity index (χ2n) is 3.73. The summed E-state index contributed by atoms with van der Waals surface area (Å²) in [5.41, 5.74) is 8.43. The van der Waals surface area contributed by atoms with Gasteiger partial charge in [-0.2, -0.15) is 0 Å². The number of methoxy groups -OCH3 is 1. The van der Waals surface area contributed by atoms with Gasteiger partial charge in [-0.05, 0) is 19.9 Å². The van der Waals surface area contributed by atoms with Gasteiger partial charge in [0.25, 0.3) is 0 Å². The van der Waals surface area contributed by atoms with E-state index in [4.69, 9.17) is 10.5 Å². The maximum absolute atomic E-state index is 5.82. The zero-order valence-corrected chi connectivity index (χ0v) is 10.1. The average molecular weight is 230 g/mol. The molecule has 0 saturated heterocycles. The number of anilines is 1. The third-order valence-electron chi connectivity index (χ3n) is 2.63. The molecule has 2 aromatic heterocycles. The Morgan fingerprint density at radius 3 is 2.47 bits per heavy atom. The molecule has 0 bridgehead atoms. The van der Waals surface area contributed by atoms with Gasteiger partial charge in [0, 0.05) is 29.1 Å². The van der Waals surface area contributed by atoms with Crippen molar-refractivity contribution in [3.63, 3.8) is 0 Å². The molecule has 0 aliphatic heterocycles. The molecule has 0 fully saturated rings. The zero-order chi connectivity index (χ0) is 12.4.